The zero-order valence-electron chi connectivity index (χ0n) is 7.01. The molecule has 0 aromatic rings. The fraction of sp³-hybridized carbons (Fsp3) is 1.00. The molecule has 0 spiro atoms. The van der Waals surface area contributed by atoms with Crippen LogP contribution in [0.25, 0.3) is 0 Å². The van der Waals surface area contributed by atoms with E-state index in [1.54, 1.807) is 0 Å². The number of hydrogen-bond donors (Lipinski definition) is 0. The van der Waals surface area contributed by atoms with E-state index in [1.807, 2.05) is 0 Å². The highest BCUT2D eigenvalue weighted by molar-refractivity contribution is 4.96. The maximum Gasteiger partial charge on any atom is 0.0102 e. The summed E-state index contributed by atoms with van der Waals surface area (Å²) in [7, 11) is 0. The van der Waals surface area contributed by atoms with E-state index < -0.39 is 0 Å². The van der Waals surface area contributed by atoms with Crippen molar-refractivity contribution >= 4 is 0 Å². The fourth-order valence-electron chi connectivity index (χ4n) is 2.32. The molecular weight excluding hydrogens is 122 g/mol. The Morgan fingerprint density at radius 2 is 2.10 bits per heavy atom. The molecule has 10 heavy (non-hydrogen) atoms. The second kappa shape index (κ2) is 2.23. The largest absolute Gasteiger partial charge is 0.300 e. The molecule has 0 unspecified atom stereocenters. The normalized spacial score (nSPS) is 38.7. The van der Waals surface area contributed by atoms with Gasteiger partial charge in [-0.3, -0.25) is 4.90 Å². The van der Waals surface area contributed by atoms with E-state index in [0.717, 1.165) is 17.9 Å². The standard InChI is InChI=1S/C9H17N/c1-7(2)5-10-6-8-3-9(10)4-8/h7-9H,3-6H2,1-2H3. The van der Waals surface area contributed by atoms with E-state index in [4.69, 9.17) is 0 Å². The highest BCUT2D eigenvalue weighted by Gasteiger charge is 2.42. The number of fused-ring (bicyclic) bond motifs is 1. The summed E-state index contributed by atoms with van der Waals surface area (Å²) < 4.78 is 0. The lowest BCUT2D eigenvalue weighted by Gasteiger charge is -2.26. The Balaban J connectivity index is 1.84. The van der Waals surface area contributed by atoms with Crippen LogP contribution in [0, 0.1) is 11.8 Å². The molecule has 0 amide bonds. The van der Waals surface area contributed by atoms with Crippen molar-refractivity contribution in [1.82, 2.24) is 4.90 Å². The molecule has 3 aliphatic rings. The molecule has 3 fully saturated rings. The topological polar surface area (TPSA) is 3.24 Å². The first kappa shape index (κ1) is 6.66. The summed E-state index contributed by atoms with van der Waals surface area (Å²) in [6, 6.07) is 0.993. The Kier molecular flexibility index (Phi) is 1.48. The Hall–Kier alpha value is -0.0400. The summed E-state index contributed by atoms with van der Waals surface area (Å²) >= 11 is 0. The Labute approximate surface area is 63.4 Å². The summed E-state index contributed by atoms with van der Waals surface area (Å²) in [6.07, 6.45) is 3.01. The molecule has 2 heterocycles. The van der Waals surface area contributed by atoms with Gasteiger partial charge in [0.05, 0.1) is 0 Å². The maximum atomic E-state index is 2.68. The lowest BCUT2D eigenvalue weighted by atomic mass is 9.86. The van der Waals surface area contributed by atoms with Gasteiger partial charge in [-0.2, -0.15) is 0 Å². The van der Waals surface area contributed by atoms with Crippen molar-refractivity contribution in [2.24, 2.45) is 11.8 Å². The van der Waals surface area contributed by atoms with Crippen LogP contribution < -0.4 is 0 Å². The van der Waals surface area contributed by atoms with Crippen LogP contribution in [0.1, 0.15) is 26.7 Å². The minimum atomic E-state index is 0.861. The van der Waals surface area contributed by atoms with Crippen LogP contribution in [0.3, 0.4) is 0 Å². The first-order valence-corrected chi connectivity index (χ1v) is 4.49. The van der Waals surface area contributed by atoms with Gasteiger partial charge in [0.1, 0.15) is 0 Å². The van der Waals surface area contributed by atoms with Crippen molar-refractivity contribution in [3.63, 3.8) is 0 Å². The van der Waals surface area contributed by atoms with Gasteiger partial charge in [-0.15, -0.1) is 0 Å². The number of hydrogen-bond acceptors (Lipinski definition) is 1. The summed E-state index contributed by atoms with van der Waals surface area (Å²) in [5.74, 6) is 1.95. The van der Waals surface area contributed by atoms with Gasteiger partial charge in [0.2, 0.25) is 0 Å². The van der Waals surface area contributed by atoms with Crippen molar-refractivity contribution in [2.45, 2.75) is 32.7 Å². The molecular formula is C9H17N. The molecule has 2 aliphatic heterocycles. The first-order valence-electron chi connectivity index (χ1n) is 4.49. The first-order chi connectivity index (χ1) is 4.75. The Morgan fingerprint density at radius 3 is 2.50 bits per heavy atom. The fourth-order valence-corrected chi connectivity index (χ4v) is 2.32. The summed E-state index contributed by atoms with van der Waals surface area (Å²) in [5, 5.41) is 0. The van der Waals surface area contributed by atoms with Crippen molar-refractivity contribution in [1.29, 1.82) is 0 Å². The van der Waals surface area contributed by atoms with E-state index in [-0.39, 0.29) is 0 Å². The average molecular weight is 139 g/mol. The minimum Gasteiger partial charge on any atom is -0.300 e. The Bertz CT molecular complexity index is 125. The van der Waals surface area contributed by atoms with Crippen LogP contribution in [0.15, 0.2) is 0 Å². The molecule has 1 nitrogen and oxygen atoms in total. The molecule has 1 heteroatoms. The minimum absolute atomic E-state index is 0.861. The van der Waals surface area contributed by atoms with Crippen molar-refractivity contribution in [3.05, 3.63) is 0 Å². The zero-order valence-corrected chi connectivity index (χ0v) is 7.01. The summed E-state index contributed by atoms with van der Waals surface area (Å²) in [6.45, 7) is 7.37. The van der Waals surface area contributed by atoms with E-state index in [2.05, 4.69) is 18.7 Å². The van der Waals surface area contributed by atoms with E-state index in [0.29, 0.717) is 0 Å². The molecule has 0 radical (unpaired) electrons. The Morgan fingerprint density at radius 1 is 1.40 bits per heavy atom. The van der Waals surface area contributed by atoms with E-state index in [1.165, 1.54) is 25.9 Å². The summed E-state index contributed by atoms with van der Waals surface area (Å²) in [5.41, 5.74) is 0. The maximum absolute atomic E-state index is 2.68. The predicted octanol–water partition coefficient (Wildman–Crippen LogP) is 1.74. The monoisotopic (exact) mass is 139 g/mol. The lowest BCUT2D eigenvalue weighted by molar-refractivity contribution is 0.225. The van der Waals surface area contributed by atoms with Gasteiger partial charge in [0, 0.05) is 19.1 Å². The average Bonchev–Trinajstić information content (AvgIpc) is 2.16. The highest BCUT2D eigenvalue weighted by atomic mass is 15.2. The number of nitrogens with zero attached hydrogens (tertiary/aromatic N) is 1. The zero-order chi connectivity index (χ0) is 7.14. The van der Waals surface area contributed by atoms with Gasteiger partial charge in [-0.1, -0.05) is 13.8 Å². The van der Waals surface area contributed by atoms with Gasteiger partial charge in [0.15, 0.2) is 0 Å². The van der Waals surface area contributed by atoms with Gasteiger partial charge >= 0.3 is 0 Å². The van der Waals surface area contributed by atoms with Crippen molar-refractivity contribution in [3.8, 4) is 0 Å². The summed E-state index contributed by atoms with van der Waals surface area (Å²) in [4.78, 5) is 2.68. The third-order valence-corrected chi connectivity index (χ3v) is 2.82. The van der Waals surface area contributed by atoms with Crippen LogP contribution in [0.5, 0.6) is 0 Å². The van der Waals surface area contributed by atoms with Gasteiger partial charge in [-0.25, -0.2) is 0 Å². The smallest absolute Gasteiger partial charge is 0.0102 e. The van der Waals surface area contributed by atoms with Gasteiger partial charge < -0.3 is 0 Å². The molecule has 0 atom stereocenters. The third-order valence-electron chi connectivity index (χ3n) is 2.82. The predicted molar refractivity (Wildman–Crippen MR) is 42.9 cm³/mol. The van der Waals surface area contributed by atoms with E-state index >= 15 is 0 Å². The quantitative estimate of drug-likeness (QED) is 0.563. The van der Waals surface area contributed by atoms with Gasteiger partial charge in [0.25, 0.3) is 0 Å². The molecule has 0 N–H and O–H groups in total. The van der Waals surface area contributed by atoms with Crippen LogP contribution in [0.2, 0.25) is 0 Å². The van der Waals surface area contributed by atoms with Crippen LogP contribution in [0.4, 0.5) is 0 Å². The molecule has 1 aliphatic carbocycles. The van der Waals surface area contributed by atoms with Crippen LogP contribution in [-0.4, -0.2) is 24.0 Å². The van der Waals surface area contributed by atoms with Crippen molar-refractivity contribution in [2.75, 3.05) is 13.1 Å². The molecule has 58 valence electrons. The molecule has 3 rings (SSSR count). The van der Waals surface area contributed by atoms with E-state index in [9.17, 15) is 0 Å². The molecule has 2 saturated heterocycles. The molecule has 1 saturated carbocycles. The van der Waals surface area contributed by atoms with Crippen molar-refractivity contribution < 1.29 is 0 Å². The van der Waals surface area contributed by atoms with Crippen LogP contribution in [-0.2, 0) is 0 Å². The second-order valence-electron chi connectivity index (χ2n) is 4.34. The van der Waals surface area contributed by atoms with Crippen LogP contribution >= 0.6 is 0 Å². The number of rotatable bonds is 2. The van der Waals surface area contributed by atoms with Gasteiger partial charge in [-0.05, 0) is 24.7 Å². The lowest BCUT2D eigenvalue weighted by Crippen LogP contribution is -2.31. The third kappa shape index (κ3) is 0.968. The SMILES string of the molecule is CC(C)CN1CC2CC1C2. The molecule has 2 bridgehead atoms. The molecule has 0 aromatic carbocycles. The molecule has 0 aromatic heterocycles. The second-order valence-corrected chi connectivity index (χ2v) is 4.34. The highest BCUT2D eigenvalue weighted by Crippen LogP contribution is 2.40.